The third-order valence-corrected chi connectivity index (χ3v) is 5.24. The van der Waals surface area contributed by atoms with Crippen LogP contribution in [-0.4, -0.2) is 30.6 Å². The number of allylic oxidation sites excluding steroid dienone is 8. The Morgan fingerprint density at radius 1 is 0.706 bits per heavy atom. The Hall–Kier alpha value is -3.61. The molecule has 0 N–H and O–H groups in total. The van der Waals surface area contributed by atoms with Gasteiger partial charge >= 0.3 is 7.25 Å². The molecule has 0 unspecified atom stereocenters. The van der Waals surface area contributed by atoms with Crippen molar-refractivity contribution in [1.82, 2.24) is 0 Å². The van der Waals surface area contributed by atoms with Gasteiger partial charge in [-0.15, -0.1) is 0 Å². The molecule has 1 aliphatic heterocycles. The van der Waals surface area contributed by atoms with Crippen molar-refractivity contribution in [3.05, 3.63) is 120 Å². The van der Waals surface area contributed by atoms with Crippen molar-refractivity contribution in [2.45, 2.75) is 13.8 Å². The van der Waals surface area contributed by atoms with Crippen LogP contribution in [0.25, 0.3) is 11.3 Å². The van der Waals surface area contributed by atoms with Crippen LogP contribution in [0.4, 0.5) is 17.3 Å². The maximum Gasteiger partial charge on any atom is 0.673 e. The van der Waals surface area contributed by atoms with Crippen LogP contribution in [0.1, 0.15) is 25.0 Å². The fraction of sp³-hybridized carbons (Fsp3) is 0.148. The van der Waals surface area contributed by atoms with Crippen molar-refractivity contribution in [3.63, 3.8) is 0 Å². The summed E-state index contributed by atoms with van der Waals surface area (Å²) in [6, 6.07) is 20.7. The summed E-state index contributed by atoms with van der Waals surface area (Å²) in [7, 11) is -6.00. The van der Waals surface area contributed by atoms with Crippen molar-refractivity contribution < 1.29 is 26.6 Å². The molecule has 0 aromatic heterocycles. The number of hydrogen-bond acceptors (Lipinski definition) is 1. The summed E-state index contributed by atoms with van der Waals surface area (Å²) in [4.78, 5) is 0. The third-order valence-electron chi connectivity index (χ3n) is 5.24. The monoisotopic (exact) mass is 467 g/mol. The molecule has 4 rings (SSSR count). The smallest absolute Gasteiger partial charge is 0.456 e. The summed E-state index contributed by atoms with van der Waals surface area (Å²) in [6.45, 7) is 6.37. The van der Waals surface area contributed by atoms with Crippen molar-refractivity contribution >= 4 is 24.3 Å². The average molecular weight is 467 g/mol. The Morgan fingerprint density at radius 3 is 1.71 bits per heavy atom. The summed E-state index contributed by atoms with van der Waals surface area (Å²) in [5, 5.41) is 0. The van der Waals surface area contributed by atoms with E-state index in [2.05, 4.69) is 91.3 Å². The second-order valence-corrected chi connectivity index (χ2v) is 7.52. The van der Waals surface area contributed by atoms with E-state index < -0.39 is 7.25 Å². The molecule has 0 radical (unpaired) electrons. The molecule has 0 spiro atoms. The van der Waals surface area contributed by atoms with Gasteiger partial charge in [-0.25, -0.2) is 4.58 Å². The van der Waals surface area contributed by atoms with E-state index in [1.54, 1.807) is 0 Å². The lowest BCUT2D eigenvalue weighted by Gasteiger charge is -2.20. The average Bonchev–Trinajstić information content (AvgIpc) is 2.85. The highest BCUT2D eigenvalue weighted by molar-refractivity contribution is 6.50. The minimum absolute atomic E-state index is 0.870. The van der Waals surface area contributed by atoms with Gasteiger partial charge in [0.05, 0.1) is 0 Å². The van der Waals surface area contributed by atoms with Gasteiger partial charge in [-0.1, -0.05) is 60.7 Å². The second-order valence-electron chi connectivity index (χ2n) is 7.52. The number of hydrogen-bond donors (Lipinski definition) is 0. The molecule has 0 atom stereocenters. The molecular weight excluding hydrogens is 441 g/mol. The van der Waals surface area contributed by atoms with Crippen LogP contribution in [0.15, 0.2) is 108 Å². The number of rotatable bonds is 4. The van der Waals surface area contributed by atoms with Gasteiger partial charge < -0.3 is 22.0 Å². The van der Waals surface area contributed by atoms with E-state index in [9.17, 15) is 17.3 Å². The zero-order valence-corrected chi connectivity index (χ0v) is 19.1. The van der Waals surface area contributed by atoms with Gasteiger partial charge in [-0.05, 0) is 49.3 Å². The first-order chi connectivity index (χ1) is 16.3. The van der Waals surface area contributed by atoms with Crippen LogP contribution in [0.2, 0.25) is 0 Å². The van der Waals surface area contributed by atoms with Gasteiger partial charge in [0.15, 0.2) is 5.71 Å². The largest absolute Gasteiger partial charge is 0.673 e. The molecule has 176 valence electrons. The molecule has 0 saturated carbocycles. The number of benzene rings is 2. The minimum atomic E-state index is -6.00. The van der Waals surface area contributed by atoms with Gasteiger partial charge in [0.1, 0.15) is 24.6 Å². The molecule has 2 aliphatic rings. The van der Waals surface area contributed by atoms with E-state index in [4.69, 9.17) is 4.74 Å². The zero-order chi connectivity index (χ0) is 24.6. The standard InChI is InChI=1S/C27H26NO.BF4/c1-3-28(4-2)25-17-15-23(16-18-25)27-20-24(21-11-7-5-8-12-21)19-26(29-27)22-13-9-6-10-14-22;2-1(3,4)5/h5-20H,3-4H2,1-2H3;/q+1;-1. The first kappa shape index (κ1) is 25.0. The normalized spacial score (nSPS) is 15.2. The van der Waals surface area contributed by atoms with Gasteiger partial charge in [0, 0.05) is 23.3 Å². The molecule has 34 heavy (non-hydrogen) atoms. The summed E-state index contributed by atoms with van der Waals surface area (Å²) >= 11 is 0. The lowest BCUT2D eigenvalue weighted by molar-refractivity contribution is -0.519. The summed E-state index contributed by atoms with van der Waals surface area (Å²) < 4.78 is 47.7. The molecule has 0 saturated heterocycles. The van der Waals surface area contributed by atoms with Crippen LogP contribution in [0, 0.1) is 0 Å². The number of nitrogens with zero attached hydrogens (tertiary/aromatic N) is 1. The molecule has 2 aromatic carbocycles. The van der Waals surface area contributed by atoms with E-state index >= 15 is 0 Å². The molecule has 2 aromatic rings. The van der Waals surface area contributed by atoms with Crippen molar-refractivity contribution in [1.29, 1.82) is 0 Å². The summed E-state index contributed by atoms with van der Waals surface area (Å²) in [5.74, 6) is 1.74. The van der Waals surface area contributed by atoms with Crippen LogP contribution in [0.3, 0.4) is 0 Å². The lowest BCUT2D eigenvalue weighted by atomic mass is 9.98. The Bertz CT molecular complexity index is 1140. The molecule has 7 heteroatoms. The Labute approximate surface area is 197 Å². The molecule has 1 aliphatic carbocycles. The van der Waals surface area contributed by atoms with Crippen LogP contribution < -0.4 is 0 Å². The summed E-state index contributed by atoms with van der Waals surface area (Å²) in [6.07, 6.45) is 12.9. The zero-order valence-electron chi connectivity index (χ0n) is 19.1. The molecule has 1 heterocycles. The number of halogens is 4. The highest BCUT2D eigenvalue weighted by Gasteiger charge is 2.20. The van der Waals surface area contributed by atoms with Crippen LogP contribution in [-0.2, 0) is 4.74 Å². The molecule has 0 bridgehead atoms. The Kier molecular flexibility index (Phi) is 8.47. The summed E-state index contributed by atoms with van der Waals surface area (Å²) in [5.41, 5.74) is 5.73. The maximum absolute atomic E-state index is 9.75. The second kappa shape index (κ2) is 11.5. The Balaban J connectivity index is 0.000000588. The van der Waals surface area contributed by atoms with Crippen molar-refractivity contribution in [3.8, 4) is 0 Å². The SMILES string of the molecule is CC[N+](CC)=C1C=CC(=C2C=C(c3ccccc3)C=C(c3ccccc3)O2)C=C1.F[B-](F)(F)F. The molecular formula is C27H26BF4NO. The predicted molar refractivity (Wildman–Crippen MR) is 132 cm³/mol. The Morgan fingerprint density at radius 2 is 1.21 bits per heavy atom. The van der Waals surface area contributed by atoms with Crippen molar-refractivity contribution in [2.75, 3.05) is 13.1 Å². The maximum atomic E-state index is 9.75. The lowest BCUT2D eigenvalue weighted by Crippen LogP contribution is -2.19. The highest BCUT2D eigenvalue weighted by Crippen LogP contribution is 2.33. The van der Waals surface area contributed by atoms with E-state index in [1.807, 2.05) is 24.3 Å². The van der Waals surface area contributed by atoms with Gasteiger partial charge in [-0.2, -0.15) is 0 Å². The fourth-order valence-electron chi connectivity index (χ4n) is 3.61. The van der Waals surface area contributed by atoms with E-state index in [-0.39, 0.29) is 0 Å². The van der Waals surface area contributed by atoms with Crippen LogP contribution >= 0.6 is 0 Å². The first-order valence-electron chi connectivity index (χ1n) is 11.1. The predicted octanol–water partition coefficient (Wildman–Crippen LogP) is 7.31. The van der Waals surface area contributed by atoms with E-state index in [1.165, 1.54) is 11.3 Å². The van der Waals surface area contributed by atoms with Crippen LogP contribution in [0.5, 0.6) is 0 Å². The molecule has 2 nitrogen and oxygen atoms in total. The van der Waals surface area contributed by atoms with Gasteiger partial charge in [0.25, 0.3) is 0 Å². The fourth-order valence-corrected chi connectivity index (χ4v) is 3.61. The highest BCUT2D eigenvalue weighted by atomic mass is 19.5. The number of ether oxygens (including phenoxy) is 1. The molecule has 0 amide bonds. The third kappa shape index (κ3) is 7.20. The van der Waals surface area contributed by atoms with Gasteiger partial charge in [-0.3, -0.25) is 0 Å². The van der Waals surface area contributed by atoms with E-state index in [0.717, 1.165) is 41.3 Å². The minimum Gasteiger partial charge on any atom is -0.456 e. The van der Waals surface area contributed by atoms with E-state index in [0.29, 0.717) is 0 Å². The molecule has 0 fully saturated rings. The van der Waals surface area contributed by atoms with Crippen molar-refractivity contribution in [2.24, 2.45) is 0 Å². The quantitative estimate of drug-likeness (QED) is 0.261. The first-order valence-corrected chi connectivity index (χ1v) is 11.1. The van der Waals surface area contributed by atoms with Gasteiger partial charge in [0.2, 0.25) is 0 Å². The topological polar surface area (TPSA) is 12.2 Å².